The van der Waals surface area contributed by atoms with E-state index >= 15 is 0 Å². The molecule has 11 heteroatoms. The number of rotatable bonds is 5. The van der Waals surface area contributed by atoms with Crippen molar-refractivity contribution in [3.63, 3.8) is 0 Å². The van der Waals surface area contributed by atoms with Crippen molar-refractivity contribution in [3.05, 3.63) is 57.8 Å². The van der Waals surface area contributed by atoms with Crippen LogP contribution in [0.3, 0.4) is 0 Å². The number of aryl methyl sites for hydroxylation is 2. The number of sulfonamides is 1. The molecule has 0 radical (unpaired) electrons. The van der Waals surface area contributed by atoms with Crippen LogP contribution in [-0.2, 0) is 21.9 Å². The number of carbonyl (C=O) groups is 1. The fraction of sp³-hybridized carbons (Fsp3) is 0.409. The maximum atomic E-state index is 13.2. The molecule has 0 unspecified atom stereocenters. The Hall–Kier alpha value is -3.18. The minimum Gasteiger partial charge on any atom is -0.360 e. The third kappa shape index (κ3) is 4.02. The molecule has 4 rings (SSSR count). The second kappa shape index (κ2) is 8.64. The van der Waals surface area contributed by atoms with Crippen molar-refractivity contribution in [2.24, 2.45) is 13.0 Å². The van der Waals surface area contributed by atoms with E-state index in [0.29, 0.717) is 36.5 Å². The number of nitrogens with one attached hydrogen (secondary N) is 1. The SMILES string of the molecule is Cc1noc(C)c1S(=O)(=O)N1CCC[C@H](C(=O)Nc2c(C)n(C)n(-c3ccccc3)c2=O)C1. The van der Waals surface area contributed by atoms with E-state index in [2.05, 4.69) is 10.5 Å². The van der Waals surface area contributed by atoms with Crippen LogP contribution in [0.1, 0.15) is 30.0 Å². The van der Waals surface area contributed by atoms with Gasteiger partial charge < -0.3 is 9.84 Å². The Kier molecular flexibility index (Phi) is 6.02. The largest absolute Gasteiger partial charge is 0.360 e. The highest BCUT2D eigenvalue weighted by molar-refractivity contribution is 7.89. The lowest BCUT2D eigenvalue weighted by Gasteiger charge is -2.31. The van der Waals surface area contributed by atoms with E-state index in [1.807, 2.05) is 30.3 Å². The summed E-state index contributed by atoms with van der Waals surface area (Å²) >= 11 is 0. The summed E-state index contributed by atoms with van der Waals surface area (Å²) in [5.74, 6) is -0.738. The first kappa shape index (κ1) is 23.0. The summed E-state index contributed by atoms with van der Waals surface area (Å²) in [6.07, 6.45) is 1.06. The van der Waals surface area contributed by atoms with Gasteiger partial charge in [0.1, 0.15) is 16.3 Å². The molecule has 33 heavy (non-hydrogen) atoms. The number of amides is 1. The first-order valence-electron chi connectivity index (χ1n) is 10.7. The zero-order valence-electron chi connectivity index (χ0n) is 19.0. The Labute approximate surface area is 191 Å². The summed E-state index contributed by atoms with van der Waals surface area (Å²) in [5, 5.41) is 6.51. The molecule has 1 fully saturated rings. The van der Waals surface area contributed by atoms with E-state index < -0.39 is 15.9 Å². The average Bonchev–Trinajstić information content (AvgIpc) is 3.25. The number of anilines is 1. The minimum atomic E-state index is -3.85. The van der Waals surface area contributed by atoms with Gasteiger partial charge in [0.05, 0.1) is 17.3 Å². The Morgan fingerprint density at radius 1 is 1.18 bits per heavy atom. The Morgan fingerprint density at radius 3 is 2.52 bits per heavy atom. The number of hydrogen-bond acceptors (Lipinski definition) is 6. The molecule has 3 aromatic rings. The van der Waals surface area contributed by atoms with Crippen molar-refractivity contribution in [1.82, 2.24) is 18.8 Å². The highest BCUT2D eigenvalue weighted by atomic mass is 32.2. The van der Waals surface area contributed by atoms with E-state index in [-0.39, 0.29) is 34.4 Å². The van der Waals surface area contributed by atoms with E-state index in [1.165, 1.54) is 8.99 Å². The first-order valence-corrected chi connectivity index (χ1v) is 12.1. The number of carbonyl (C=O) groups excluding carboxylic acids is 1. The molecule has 1 atom stereocenters. The minimum absolute atomic E-state index is 0.0248. The average molecular weight is 474 g/mol. The van der Waals surface area contributed by atoms with Gasteiger partial charge in [0.15, 0.2) is 5.76 Å². The smallest absolute Gasteiger partial charge is 0.295 e. The Morgan fingerprint density at radius 2 is 1.88 bits per heavy atom. The molecule has 1 aliphatic heterocycles. The van der Waals surface area contributed by atoms with Gasteiger partial charge in [-0.05, 0) is 45.7 Å². The molecule has 10 nitrogen and oxygen atoms in total. The maximum Gasteiger partial charge on any atom is 0.295 e. The molecular weight excluding hydrogens is 446 g/mol. The van der Waals surface area contributed by atoms with Gasteiger partial charge in [0.2, 0.25) is 15.9 Å². The molecule has 1 aromatic carbocycles. The van der Waals surface area contributed by atoms with Gasteiger partial charge in [-0.3, -0.25) is 14.3 Å². The third-order valence-electron chi connectivity index (χ3n) is 6.12. The second-order valence-corrected chi connectivity index (χ2v) is 10.2. The summed E-state index contributed by atoms with van der Waals surface area (Å²) in [5.41, 5.74) is 1.43. The van der Waals surface area contributed by atoms with Gasteiger partial charge in [-0.2, -0.15) is 4.31 Å². The molecule has 1 saturated heterocycles. The van der Waals surface area contributed by atoms with Crippen molar-refractivity contribution >= 4 is 21.6 Å². The van der Waals surface area contributed by atoms with Gasteiger partial charge in [-0.15, -0.1) is 0 Å². The van der Waals surface area contributed by atoms with Crippen LogP contribution >= 0.6 is 0 Å². The van der Waals surface area contributed by atoms with Crippen molar-refractivity contribution in [3.8, 4) is 5.69 Å². The number of hydrogen-bond donors (Lipinski definition) is 1. The number of nitrogens with zero attached hydrogens (tertiary/aromatic N) is 4. The molecule has 0 aliphatic carbocycles. The molecular formula is C22H27N5O5S. The molecule has 0 saturated carbocycles. The lowest BCUT2D eigenvalue weighted by Crippen LogP contribution is -2.44. The van der Waals surface area contributed by atoms with Gasteiger partial charge in [0.25, 0.3) is 5.56 Å². The fourth-order valence-corrected chi connectivity index (χ4v) is 6.10. The van der Waals surface area contributed by atoms with Crippen LogP contribution in [-0.4, -0.2) is 46.2 Å². The van der Waals surface area contributed by atoms with Crippen molar-refractivity contribution in [2.75, 3.05) is 18.4 Å². The Bertz CT molecular complexity index is 1330. The Balaban J connectivity index is 1.57. The van der Waals surface area contributed by atoms with E-state index in [4.69, 9.17) is 4.52 Å². The molecule has 3 heterocycles. The topological polar surface area (TPSA) is 119 Å². The number of aromatic nitrogens is 3. The number of benzene rings is 1. The van der Waals surface area contributed by atoms with Crippen molar-refractivity contribution in [1.29, 1.82) is 0 Å². The third-order valence-corrected chi connectivity index (χ3v) is 8.23. The first-order chi connectivity index (χ1) is 15.6. The summed E-state index contributed by atoms with van der Waals surface area (Å²) in [4.78, 5) is 26.2. The van der Waals surface area contributed by atoms with Crippen LogP contribution in [0, 0.1) is 26.7 Å². The van der Waals surface area contributed by atoms with Crippen LogP contribution < -0.4 is 10.9 Å². The fourth-order valence-electron chi connectivity index (χ4n) is 4.28. The van der Waals surface area contributed by atoms with Crippen LogP contribution in [0.15, 0.2) is 44.5 Å². The monoisotopic (exact) mass is 473 g/mol. The molecule has 1 N–H and O–H groups in total. The van der Waals surface area contributed by atoms with Gasteiger partial charge in [0, 0.05) is 20.1 Å². The summed E-state index contributed by atoms with van der Waals surface area (Å²) in [7, 11) is -2.10. The van der Waals surface area contributed by atoms with Crippen molar-refractivity contribution in [2.45, 2.75) is 38.5 Å². The predicted octanol–water partition coefficient (Wildman–Crippen LogP) is 2.13. The van der Waals surface area contributed by atoms with Gasteiger partial charge >= 0.3 is 0 Å². The van der Waals surface area contributed by atoms with Crippen LogP contribution in [0.4, 0.5) is 5.69 Å². The van der Waals surface area contributed by atoms with Crippen LogP contribution in [0.2, 0.25) is 0 Å². The zero-order chi connectivity index (χ0) is 23.9. The molecule has 2 aromatic heterocycles. The highest BCUT2D eigenvalue weighted by Gasteiger charge is 2.37. The molecule has 1 amide bonds. The highest BCUT2D eigenvalue weighted by Crippen LogP contribution is 2.28. The lowest BCUT2D eigenvalue weighted by atomic mass is 9.99. The normalized spacial score (nSPS) is 17.3. The van der Waals surface area contributed by atoms with Gasteiger partial charge in [-0.25, -0.2) is 13.1 Å². The predicted molar refractivity (Wildman–Crippen MR) is 122 cm³/mol. The van der Waals surface area contributed by atoms with Crippen molar-refractivity contribution < 1.29 is 17.7 Å². The van der Waals surface area contributed by atoms with Crippen LogP contribution in [0.5, 0.6) is 0 Å². The number of piperidine rings is 1. The van der Waals surface area contributed by atoms with Gasteiger partial charge in [-0.1, -0.05) is 23.4 Å². The maximum absolute atomic E-state index is 13.2. The standard InChI is InChI=1S/C22H27N5O5S/c1-14-20(16(3)32-24-14)33(30,31)26-12-8-9-17(13-26)21(28)23-19-15(2)25(4)27(22(19)29)18-10-6-5-7-11-18/h5-7,10-11,17H,8-9,12-13H2,1-4H3,(H,23,28)/t17-/m0/s1. The summed E-state index contributed by atoms with van der Waals surface area (Å²) in [6, 6.07) is 9.14. The zero-order valence-corrected chi connectivity index (χ0v) is 19.8. The quantitative estimate of drug-likeness (QED) is 0.606. The van der Waals surface area contributed by atoms with E-state index in [1.54, 1.807) is 32.5 Å². The van der Waals surface area contributed by atoms with E-state index in [0.717, 1.165) is 0 Å². The summed E-state index contributed by atoms with van der Waals surface area (Å²) < 4.78 is 35.8. The second-order valence-electron chi connectivity index (χ2n) is 8.28. The van der Waals surface area contributed by atoms with E-state index in [9.17, 15) is 18.0 Å². The lowest BCUT2D eigenvalue weighted by molar-refractivity contribution is -0.120. The molecule has 176 valence electrons. The molecule has 0 bridgehead atoms. The molecule has 0 spiro atoms. The molecule has 1 aliphatic rings. The summed E-state index contributed by atoms with van der Waals surface area (Å²) in [6.45, 7) is 5.22. The van der Waals surface area contributed by atoms with Crippen LogP contribution in [0.25, 0.3) is 5.69 Å². The number of para-hydroxylation sites is 1.